The van der Waals surface area contributed by atoms with Crippen molar-refractivity contribution in [3.05, 3.63) is 78.4 Å². The van der Waals surface area contributed by atoms with Gasteiger partial charge in [-0.05, 0) is 48.2 Å². The van der Waals surface area contributed by atoms with Crippen molar-refractivity contribution in [2.24, 2.45) is 0 Å². The Morgan fingerprint density at radius 3 is 2.30 bits per heavy atom. The molecule has 0 aliphatic carbocycles. The number of fused-ring (bicyclic) bond motifs is 1. The first-order valence-electron chi connectivity index (χ1n) is 10.1. The van der Waals surface area contributed by atoms with Crippen molar-refractivity contribution >= 4 is 26.5 Å². The van der Waals surface area contributed by atoms with E-state index in [1.807, 2.05) is 49.4 Å². The minimum absolute atomic E-state index is 0.137. The van der Waals surface area contributed by atoms with E-state index in [-0.39, 0.29) is 37.0 Å². The number of ether oxygens (including phenoxy) is 1. The number of hydrogen-bond acceptors (Lipinski definition) is 4. The van der Waals surface area contributed by atoms with Crippen molar-refractivity contribution in [3.63, 3.8) is 0 Å². The van der Waals surface area contributed by atoms with Crippen molar-refractivity contribution in [1.82, 2.24) is 5.32 Å². The van der Waals surface area contributed by atoms with Crippen LogP contribution in [0.3, 0.4) is 0 Å². The first-order valence-corrected chi connectivity index (χ1v) is 11.6. The summed E-state index contributed by atoms with van der Waals surface area (Å²) < 4.78 is 31.0. The number of benzene rings is 3. The van der Waals surface area contributed by atoms with E-state index in [9.17, 15) is 13.2 Å². The van der Waals surface area contributed by atoms with Crippen LogP contribution in [0.1, 0.15) is 31.4 Å². The van der Waals surface area contributed by atoms with Gasteiger partial charge >= 0.3 is 0 Å². The molecular formula is C24H25NO4S. The molecular weight excluding hydrogens is 398 g/mol. The quantitative estimate of drug-likeness (QED) is 0.672. The van der Waals surface area contributed by atoms with Crippen LogP contribution in [0.15, 0.2) is 77.7 Å². The summed E-state index contributed by atoms with van der Waals surface area (Å²) in [6, 6.07) is 21.8. The normalized spacial score (nSPS) is 17.4. The summed E-state index contributed by atoms with van der Waals surface area (Å²) in [5.74, 6) is -0.463. The summed E-state index contributed by atoms with van der Waals surface area (Å²) in [5.41, 5.74) is 0.959. The van der Waals surface area contributed by atoms with E-state index >= 15 is 0 Å². The monoisotopic (exact) mass is 423 g/mol. The SMILES string of the molecule is CC(NC(=O)C1(S(=O)(=O)c2ccccc2)CCOCC1)c1cccc2ccccc12. The third-order valence-electron chi connectivity index (χ3n) is 5.92. The van der Waals surface area contributed by atoms with E-state index in [4.69, 9.17) is 4.74 Å². The molecule has 0 bridgehead atoms. The largest absolute Gasteiger partial charge is 0.381 e. The standard InChI is InChI=1S/C24H25NO4S/c1-18(21-13-7-9-19-8-5-6-12-22(19)21)25-23(26)24(14-16-29-17-15-24)30(27,28)20-10-3-2-4-11-20/h2-13,18H,14-17H2,1H3,(H,25,26). The molecule has 5 nitrogen and oxygen atoms in total. The van der Waals surface area contributed by atoms with Crippen molar-refractivity contribution in [2.45, 2.75) is 35.4 Å². The second-order valence-electron chi connectivity index (χ2n) is 7.69. The molecule has 3 aromatic carbocycles. The van der Waals surface area contributed by atoms with Crippen LogP contribution in [-0.2, 0) is 19.4 Å². The molecule has 1 aliphatic rings. The topological polar surface area (TPSA) is 72.5 Å². The zero-order chi connectivity index (χ0) is 21.2. The van der Waals surface area contributed by atoms with Crippen molar-refractivity contribution in [1.29, 1.82) is 0 Å². The molecule has 30 heavy (non-hydrogen) atoms. The van der Waals surface area contributed by atoms with Gasteiger partial charge in [0.25, 0.3) is 0 Å². The lowest BCUT2D eigenvalue weighted by atomic mass is 9.95. The van der Waals surface area contributed by atoms with E-state index in [1.54, 1.807) is 30.3 Å². The van der Waals surface area contributed by atoms with Crippen LogP contribution in [0.2, 0.25) is 0 Å². The fourth-order valence-electron chi connectivity index (χ4n) is 4.18. The highest BCUT2D eigenvalue weighted by molar-refractivity contribution is 7.93. The second kappa shape index (κ2) is 8.20. The van der Waals surface area contributed by atoms with Gasteiger partial charge in [-0.15, -0.1) is 0 Å². The van der Waals surface area contributed by atoms with Crippen molar-refractivity contribution in [3.8, 4) is 0 Å². The molecule has 156 valence electrons. The Morgan fingerprint density at radius 2 is 1.57 bits per heavy atom. The minimum atomic E-state index is -3.89. The molecule has 0 radical (unpaired) electrons. The van der Waals surface area contributed by atoms with Gasteiger partial charge in [0.05, 0.1) is 10.9 Å². The van der Waals surface area contributed by atoms with Crippen LogP contribution in [0.25, 0.3) is 10.8 Å². The van der Waals surface area contributed by atoms with Crippen molar-refractivity contribution in [2.75, 3.05) is 13.2 Å². The smallest absolute Gasteiger partial charge is 0.242 e. The van der Waals surface area contributed by atoms with Crippen LogP contribution < -0.4 is 5.32 Å². The molecule has 1 N–H and O–H groups in total. The fraction of sp³-hybridized carbons (Fsp3) is 0.292. The zero-order valence-corrected chi connectivity index (χ0v) is 17.7. The van der Waals surface area contributed by atoms with E-state index in [1.165, 1.54) is 0 Å². The Morgan fingerprint density at radius 1 is 0.933 bits per heavy atom. The van der Waals surface area contributed by atoms with Gasteiger partial charge in [-0.2, -0.15) is 0 Å². The number of amides is 1. The van der Waals surface area contributed by atoms with Crippen molar-refractivity contribution < 1.29 is 17.9 Å². The summed E-state index contributed by atoms with van der Waals surface area (Å²) in [7, 11) is -3.89. The zero-order valence-electron chi connectivity index (χ0n) is 16.9. The maximum Gasteiger partial charge on any atom is 0.242 e. The van der Waals surface area contributed by atoms with Crippen LogP contribution in [0.5, 0.6) is 0 Å². The molecule has 1 atom stereocenters. The molecule has 0 spiro atoms. The number of carbonyl (C=O) groups excluding carboxylic acids is 1. The van der Waals surface area contributed by atoms with Crippen LogP contribution in [-0.4, -0.2) is 32.3 Å². The predicted octanol–water partition coefficient (Wildman–Crippen LogP) is 4.04. The molecule has 1 unspecified atom stereocenters. The summed E-state index contributed by atoms with van der Waals surface area (Å²) in [6.07, 6.45) is 0.274. The highest BCUT2D eigenvalue weighted by atomic mass is 32.2. The molecule has 4 rings (SSSR count). The molecule has 1 amide bonds. The van der Waals surface area contributed by atoms with Gasteiger partial charge in [0.15, 0.2) is 14.6 Å². The number of hydrogen-bond donors (Lipinski definition) is 1. The Hall–Kier alpha value is -2.70. The number of rotatable bonds is 5. The highest BCUT2D eigenvalue weighted by Crippen LogP contribution is 2.36. The Bertz CT molecular complexity index is 1150. The summed E-state index contributed by atoms with van der Waals surface area (Å²) >= 11 is 0. The first-order chi connectivity index (χ1) is 14.5. The lowest BCUT2D eigenvalue weighted by Gasteiger charge is -2.36. The molecule has 0 saturated carbocycles. The van der Waals surface area contributed by atoms with E-state index < -0.39 is 20.5 Å². The number of nitrogens with one attached hydrogen (secondary N) is 1. The number of sulfone groups is 1. The third kappa shape index (κ3) is 3.50. The van der Waals surface area contributed by atoms with E-state index in [0.717, 1.165) is 16.3 Å². The summed E-state index contributed by atoms with van der Waals surface area (Å²) in [4.78, 5) is 13.7. The lowest BCUT2D eigenvalue weighted by molar-refractivity contribution is -0.126. The van der Waals surface area contributed by atoms with E-state index in [0.29, 0.717) is 0 Å². The summed E-state index contributed by atoms with van der Waals surface area (Å²) in [5, 5.41) is 5.12. The second-order valence-corrected chi connectivity index (χ2v) is 9.95. The van der Waals surface area contributed by atoms with Gasteiger partial charge in [0.2, 0.25) is 5.91 Å². The summed E-state index contributed by atoms with van der Waals surface area (Å²) in [6.45, 7) is 2.37. The van der Waals surface area contributed by atoms with Gasteiger partial charge < -0.3 is 10.1 Å². The maximum absolute atomic E-state index is 13.6. The fourth-order valence-corrected chi connectivity index (χ4v) is 6.15. The minimum Gasteiger partial charge on any atom is -0.381 e. The molecule has 6 heteroatoms. The molecule has 1 saturated heterocycles. The average molecular weight is 424 g/mol. The van der Waals surface area contributed by atoms with Crippen LogP contribution in [0, 0.1) is 0 Å². The Balaban J connectivity index is 1.69. The molecule has 0 aromatic heterocycles. The maximum atomic E-state index is 13.6. The van der Waals surface area contributed by atoms with Gasteiger partial charge in [-0.1, -0.05) is 60.7 Å². The Kier molecular flexibility index (Phi) is 5.62. The first kappa shape index (κ1) is 20.6. The van der Waals surface area contributed by atoms with Gasteiger partial charge in [0, 0.05) is 13.2 Å². The van der Waals surface area contributed by atoms with Crippen LogP contribution >= 0.6 is 0 Å². The van der Waals surface area contributed by atoms with Gasteiger partial charge in [-0.3, -0.25) is 4.79 Å². The van der Waals surface area contributed by atoms with Gasteiger partial charge in [0.1, 0.15) is 0 Å². The van der Waals surface area contributed by atoms with Crippen LogP contribution in [0.4, 0.5) is 0 Å². The number of carbonyl (C=O) groups is 1. The molecule has 1 fully saturated rings. The van der Waals surface area contributed by atoms with Gasteiger partial charge in [-0.25, -0.2) is 8.42 Å². The average Bonchev–Trinajstić information content (AvgIpc) is 2.79. The predicted molar refractivity (Wildman–Crippen MR) is 117 cm³/mol. The van der Waals surface area contributed by atoms with E-state index in [2.05, 4.69) is 5.32 Å². The molecule has 1 aliphatic heterocycles. The highest BCUT2D eigenvalue weighted by Gasteiger charge is 2.52. The molecule has 1 heterocycles. The Labute approximate surface area is 177 Å². The third-order valence-corrected chi connectivity index (χ3v) is 8.43. The molecule has 3 aromatic rings. The lowest BCUT2D eigenvalue weighted by Crippen LogP contribution is -2.55.